The number of aliphatic hydroxyl groups is 2. The van der Waals surface area contributed by atoms with E-state index in [4.69, 9.17) is 14.6 Å². The molecule has 1 rings (SSSR count). The van der Waals surface area contributed by atoms with E-state index in [9.17, 15) is 19.8 Å². The molecule has 146 valence electrons. The van der Waals surface area contributed by atoms with E-state index >= 15 is 0 Å². The summed E-state index contributed by atoms with van der Waals surface area (Å²) in [6, 6.07) is -0.868. The number of amides is 1. The molecule has 0 saturated carbocycles. The summed E-state index contributed by atoms with van der Waals surface area (Å²) in [5.41, 5.74) is 0. The Hall–Kier alpha value is -1.22. The van der Waals surface area contributed by atoms with Crippen molar-refractivity contribution >= 4 is 11.9 Å². The number of nitrogens with one attached hydrogen (secondary N) is 1. The number of aliphatic carboxylic acids is 1. The first kappa shape index (κ1) is 21.8. The number of ether oxygens (including phenoxy) is 2. The maximum Gasteiger partial charge on any atom is 0.332 e. The van der Waals surface area contributed by atoms with Crippen molar-refractivity contribution in [3.05, 3.63) is 0 Å². The topological polar surface area (TPSA) is 125 Å². The number of carboxylic acid groups (broad SMARTS) is 1. The first-order valence-electron chi connectivity index (χ1n) is 9.01. The molecule has 5 atom stereocenters. The van der Waals surface area contributed by atoms with E-state index in [-0.39, 0.29) is 18.9 Å². The molecule has 0 aromatic rings. The Morgan fingerprint density at radius 2 is 1.96 bits per heavy atom. The van der Waals surface area contributed by atoms with Crippen molar-refractivity contribution in [3.63, 3.8) is 0 Å². The molecule has 8 heteroatoms. The van der Waals surface area contributed by atoms with Crippen LogP contribution in [0.15, 0.2) is 0 Å². The van der Waals surface area contributed by atoms with Crippen LogP contribution in [0.25, 0.3) is 0 Å². The van der Waals surface area contributed by atoms with Gasteiger partial charge in [-0.1, -0.05) is 32.6 Å². The standard InChI is InChI=1S/C17H31NO7/c1-3-4-5-6-7-8-14(20)18-15-13(24-11(2)16(21)22)9-12(10-19)25-17(15)23/h11-13,15,17,19,23H,3-10H2,1-2H3,(H,18,20)(H,21,22). The number of carbonyl (C=O) groups is 2. The van der Waals surface area contributed by atoms with Crippen molar-refractivity contribution in [1.82, 2.24) is 5.32 Å². The van der Waals surface area contributed by atoms with Gasteiger partial charge in [-0.2, -0.15) is 0 Å². The zero-order valence-electron chi connectivity index (χ0n) is 15.0. The number of hydrogen-bond donors (Lipinski definition) is 4. The van der Waals surface area contributed by atoms with Gasteiger partial charge in [0.2, 0.25) is 5.91 Å². The van der Waals surface area contributed by atoms with Gasteiger partial charge in [0.1, 0.15) is 6.04 Å². The number of aliphatic hydroxyl groups excluding tert-OH is 2. The quantitative estimate of drug-likeness (QED) is 0.401. The van der Waals surface area contributed by atoms with E-state index in [0.29, 0.717) is 6.42 Å². The lowest BCUT2D eigenvalue weighted by atomic mass is 9.99. The Morgan fingerprint density at radius 1 is 1.28 bits per heavy atom. The van der Waals surface area contributed by atoms with E-state index in [1.54, 1.807) is 0 Å². The summed E-state index contributed by atoms with van der Waals surface area (Å²) < 4.78 is 10.7. The summed E-state index contributed by atoms with van der Waals surface area (Å²) in [5, 5.41) is 31.0. The Bertz CT molecular complexity index is 418. The number of unbranched alkanes of at least 4 members (excludes halogenated alkanes) is 4. The van der Waals surface area contributed by atoms with Crippen LogP contribution < -0.4 is 5.32 Å². The Labute approximate surface area is 148 Å². The largest absolute Gasteiger partial charge is 0.479 e. The fraction of sp³-hybridized carbons (Fsp3) is 0.882. The van der Waals surface area contributed by atoms with Crippen LogP contribution in [0.3, 0.4) is 0 Å². The van der Waals surface area contributed by atoms with Crippen molar-refractivity contribution in [3.8, 4) is 0 Å². The first-order valence-corrected chi connectivity index (χ1v) is 9.01. The molecule has 0 radical (unpaired) electrons. The molecule has 0 aromatic carbocycles. The third-order valence-electron chi connectivity index (χ3n) is 4.30. The molecule has 0 spiro atoms. The maximum absolute atomic E-state index is 12.1. The third-order valence-corrected chi connectivity index (χ3v) is 4.30. The van der Waals surface area contributed by atoms with Gasteiger partial charge in [-0.3, -0.25) is 4.79 Å². The predicted molar refractivity (Wildman–Crippen MR) is 89.9 cm³/mol. The summed E-state index contributed by atoms with van der Waals surface area (Å²) in [6.45, 7) is 3.18. The van der Waals surface area contributed by atoms with Gasteiger partial charge in [0.15, 0.2) is 12.4 Å². The van der Waals surface area contributed by atoms with Gasteiger partial charge in [-0.25, -0.2) is 4.79 Å². The summed E-state index contributed by atoms with van der Waals surface area (Å²) in [7, 11) is 0. The monoisotopic (exact) mass is 361 g/mol. The number of carboxylic acids is 1. The van der Waals surface area contributed by atoms with E-state index in [1.807, 2.05) is 0 Å². The van der Waals surface area contributed by atoms with Crippen LogP contribution in [-0.2, 0) is 19.1 Å². The highest BCUT2D eigenvalue weighted by Gasteiger charge is 2.40. The van der Waals surface area contributed by atoms with Crippen LogP contribution in [0, 0.1) is 0 Å². The second-order valence-electron chi connectivity index (χ2n) is 6.48. The lowest BCUT2D eigenvalue weighted by Crippen LogP contribution is -2.59. The summed E-state index contributed by atoms with van der Waals surface area (Å²) in [5.74, 6) is -1.37. The minimum absolute atomic E-state index is 0.187. The molecule has 1 aliphatic rings. The fourth-order valence-corrected chi connectivity index (χ4v) is 2.82. The van der Waals surface area contributed by atoms with Crippen molar-refractivity contribution < 1.29 is 34.4 Å². The van der Waals surface area contributed by atoms with Crippen LogP contribution in [0.2, 0.25) is 0 Å². The Balaban J connectivity index is 2.58. The highest BCUT2D eigenvalue weighted by Crippen LogP contribution is 2.23. The summed E-state index contributed by atoms with van der Waals surface area (Å²) >= 11 is 0. The highest BCUT2D eigenvalue weighted by molar-refractivity contribution is 5.76. The van der Waals surface area contributed by atoms with Crippen LogP contribution in [0.5, 0.6) is 0 Å². The van der Waals surface area contributed by atoms with E-state index < -0.39 is 36.6 Å². The third kappa shape index (κ3) is 7.68. The van der Waals surface area contributed by atoms with Crippen molar-refractivity contribution in [2.75, 3.05) is 6.61 Å². The lowest BCUT2D eigenvalue weighted by Gasteiger charge is -2.39. The zero-order valence-corrected chi connectivity index (χ0v) is 15.0. The second-order valence-corrected chi connectivity index (χ2v) is 6.48. The van der Waals surface area contributed by atoms with Gasteiger partial charge in [-0.15, -0.1) is 0 Å². The molecule has 1 fully saturated rings. The molecule has 0 aliphatic carbocycles. The maximum atomic E-state index is 12.1. The fourth-order valence-electron chi connectivity index (χ4n) is 2.82. The first-order chi connectivity index (χ1) is 11.9. The minimum Gasteiger partial charge on any atom is -0.479 e. The average Bonchev–Trinajstić information content (AvgIpc) is 2.57. The number of carbonyl (C=O) groups excluding carboxylic acids is 1. The van der Waals surface area contributed by atoms with Crippen LogP contribution in [0.4, 0.5) is 0 Å². The van der Waals surface area contributed by atoms with Crippen LogP contribution in [0.1, 0.15) is 58.8 Å². The molecule has 1 aliphatic heterocycles. The van der Waals surface area contributed by atoms with Gasteiger partial charge in [-0.05, 0) is 13.3 Å². The molecular formula is C17H31NO7. The highest BCUT2D eigenvalue weighted by atomic mass is 16.6. The molecule has 0 bridgehead atoms. The molecule has 4 N–H and O–H groups in total. The summed E-state index contributed by atoms with van der Waals surface area (Å²) in [6.07, 6.45) is 1.72. The summed E-state index contributed by atoms with van der Waals surface area (Å²) in [4.78, 5) is 23.1. The van der Waals surface area contributed by atoms with Gasteiger partial charge in [0.05, 0.1) is 18.8 Å². The van der Waals surface area contributed by atoms with Crippen molar-refractivity contribution in [2.45, 2.75) is 89.4 Å². The number of rotatable bonds is 11. The van der Waals surface area contributed by atoms with Gasteiger partial charge in [0, 0.05) is 12.8 Å². The molecule has 1 amide bonds. The van der Waals surface area contributed by atoms with Gasteiger partial charge in [0.25, 0.3) is 0 Å². The van der Waals surface area contributed by atoms with Crippen LogP contribution in [-0.4, -0.2) is 64.4 Å². The molecule has 1 heterocycles. The van der Waals surface area contributed by atoms with Crippen LogP contribution >= 0.6 is 0 Å². The minimum atomic E-state index is -1.36. The SMILES string of the molecule is CCCCCCCC(=O)NC1C(O)OC(CO)CC1OC(C)C(=O)O. The molecule has 5 unspecified atom stereocenters. The van der Waals surface area contributed by atoms with E-state index in [1.165, 1.54) is 6.92 Å². The van der Waals surface area contributed by atoms with Gasteiger partial charge < -0.3 is 30.1 Å². The molecule has 1 saturated heterocycles. The Kier molecular flexibility index (Phi) is 9.96. The van der Waals surface area contributed by atoms with Crippen molar-refractivity contribution in [2.24, 2.45) is 0 Å². The van der Waals surface area contributed by atoms with Crippen molar-refractivity contribution in [1.29, 1.82) is 0 Å². The van der Waals surface area contributed by atoms with E-state index in [0.717, 1.165) is 32.1 Å². The average molecular weight is 361 g/mol. The lowest BCUT2D eigenvalue weighted by molar-refractivity contribution is -0.229. The molecule has 0 aromatic heterocycles. The molecular weight excluding hydrogens is 330 g/mol. The zero-order chi connectivity index (χ0) is 18.8. The molecule has 25 heavy (non-hydrogen) atoms. The normalized spacial score (nSPS) is 27.7. The predicted octanol–water partition coefficient (Wildman–Crippen LogP) is 0.790. The molecule has 8 nitrogen and oxygen atoms in total. The number of hydrogen-bond acceptors (Lipinski definition) is 6. The van der Waals surface area contributed by atoms with E-state index in [2.05, 4.69) is 12.2 Å². The smallest absolute Gasteiger partial charge is 0.332 e. The Morgan fingerprint density at radius 3 is 2.56 bits per heavy atom. The second kappa shape index (κ2) is 11.4. The van der Waals surface area contributed by atoms with Gasteiger partial charge >= 0.3 is 5.97 Å².